The van der Waals surface area contributed by atoms with Crippen LogP contribution in [0.4, 0.5) is 39.5 Å². The van der Waals surface area contributed by atoms with Gasteiger partial charge in [-0.1, -0.05) is 6.92 Å². The van der Waals surface area contributed by atoms with Crippen molar-refractivity contribution in [2.24, 2.45) is 12.5 Å². The summed E-state index contributed by atoms with van der Waals surface area (Å²) >= 11 is 0. The number of rotatable bonds is 3. The number of carbonyl (C=O) groups is 3. The molecule has 0 radical (unpaired) electrons. The minimum atomic E-state index is -5.08. The Morgan fingerprint density at radius 1 is 0.881 bits per heavy atom. The van der Waals surface area contributed by atoms with Crippen molar-refractivity contribution >= 4 is 17.9 Å². The molecule has 3 heterocycles. The van der Waals surface area contributed by atoms with Gasteiger partial charge in [0.25, 0.3) is 0 Å². The molecule has 1 atom stereocenters. The number of aryl methyl sites for hydroxylation is 1. The Bertz CT molecular complexity index is 943. The van der Waals surface area contributed by atoms with Crippen LogP contribution in [0.1, 0.15) is 25.3 Å². The summed E-state index contributed by atoms with van der Waals surface area (Å²) in [4.78, 5) is 31.8. The molecule has 2 aliphatic heterocycles. The number of carboxylic acid groups (broad SMARTS) is 3. The van der Waals surface area contributed by atoms with Crippen molar-refractivity contribution in [3.05, 3.63) is 18.0 Å². The normalized spacial score (nSPS) is 20.1. The number of aliphatic carboxylic acids is 3. The fraction of sp³-hybridized carbons (Fsp3) is 0.727. The van der Waals surface area contributed by atoms with E-state index >= 15 is 0 Å². The molecule has 1 aromatic heterocycles. The third-order valence-corrected chi connectivity index (χ3v) is 5.60. The Balaban J connectivity index is 0.000000660. The van der Waals surface area contributed by atoms with Crippen molar-refractivity contribution in [2.45, 2.75) is 44.8 Å². The number of alkyl halides is 9. The third kappa shape index (κ3) is 15.8. The lowest BCUT2D eigenvalue weighted by Gasteiger charge is -2.43. The SMILES string of the molecule is CCN1CCOCC2(CCCN(Cc3cnn(C)c3)C2)C1.O=C(O)C(F)(F)F.O=C(O)C(F)(F)F.O=C(O)C(F)(F)F. The van der Waals surface area contributed by atoms with Crippen LogP contribution in [0, 0.1) is 5.41 Å². The van der Waals surface area contributed by atoms with Gasteiger partial charge < -0.3 is 25.0 Å². The second-order valence-electron chi connectivity index (χ2n) is 9.17. The van der Waals surface area contributed by atoms with Gasteiger partial charge in [0.15, 0.2) is 0 Å². The van der Waals surface area contributed by atoms with Gasteiger partial charge in [0, 0.05) is 50.4 Å². The first-order valence-electron chi connectivity index (χ1n) is 11.9. The van der Waals surface area contributed by atoms with Crippen LogP contribution in [0.5, 0.6) is 0 Å². The molecule has 3 rings (SSSR count). The summed E-state index contributed by atoms with van der Waals surface area (Å²) in [5, 5.41) is 25.7. The van der Waals surface area contributed by atoms with Crippen LogP contribution in [0.25, 0.3) is 0 Å². The Hall–Kier alpha value is -3.13. The van der Waals surface area contributed by atoms with Crippen molar-refractivity contribution in [1.82, 2.24) is 19.6 Å². The summed E-state index contributed by atoms with van der Waals surface area (Å²) < 4.78 is 103. The lowest BCUT2D eigenvalue weighted by atomic mass is 9.80. The van der Waals surface area contributed by atoms with E-state index in [4.69, 9.17) is 34.4 Å². The highest BCUT2D eigenvalue weighted by atomic mass is 19.4. The first kappa shape index (κ1) is 38.9. The highest BCUT2D eigenvalue weighted by Gasteiger charge is 2.40. The van der Waals surface area contributed by atoms with Gasteiger partial charge in [0.1, 0.15) is 0 Å². The van der Waals surface area contributed by atoms with Gasteiger partial charge in [-0.2, -0.15) is 44.6 Å². The number of nitrogens with zero attached hydrogens (tertiary/aromatic N) is 4. The Morgan fingerprint density at radius 2 is 1.33 bits per heavy atom. The fourth-order valence-corrected chi connectivity index (χ4v) is 3.85. The highest BCUT2D eigenvalue weighted by Crippen LogP contribution is 2.33. The zero-order chi connectivity index (χ0) is 32.9. The first-order chi connectivity index (χ1) is 19.0. The number of aromatic nitrogens is 2. The van der Waals surface area contributed by atoms with E-state index < -0.39 is 36.4 Å². The standard InChI is InChI=1S/C16H28N4O.3C2HF3O2/c1-3-19-7-8-21-14-16(12-19)5-4-6-20(13-16)11-15-9-17-18(2)10-15;3*3-2(4,5)1(6)7/h9-10H,3-8,11-14H2,1-2H3;3*(H,6,7). The summed E-state index contributed by atoms with van der Waals surface area (Å²) in [5.41, 5.74) is 1.64. The van der Waals surface area contributed by atoms with Crippen LogP contribution in [-0.4, -0.2) is 117 Å². The summed E-state index contributed by atoms with van der Waals surface area (Å²) in [6.45, 7) is 10.8. The van der Waals surface area contributed by atoms with E-state index in [1.54, 1.807) is 0 Å². The van der Waals surface area contributed by atoms with Crippen LogP contribution in [0.15, 0.2) is 12.4 Å². The summed E-state index contributed by atoms with van der Waals surface area (Å²) in [7, 11) is 1.99. The van der Waals surface area contributed by atoms with Crippen LogP contribution in [-0.2, 0) is 32.7 Å². The number of likely N-dealkylation sites (tertiary alicyclic amines) is 1. The quantitative estimate of drug-likeness (QED) is 0.424. The topological polar surface area (TPSA) is 145 Å². The fourth-order valence-electron chi connectivity index (χ4n) is 3.85. The Morgan fingerprint density at radius 3 is 1.71 bits per heavy atom. The molecule has 20 heteroatoms. The summed E-state index contributed by atoms with van der Waals surface area (Å²) in [6, 6.07) is 0. The second-order valence-corrected chi connectivity index (χ2v) is 9.17. The molecule has 2 saturated heterocycles. The van der Waals surface area contributed by atoms with Gasteiger partial charge in [0.05, 0.1) is 19.4 Å². The zero-order valence-electron chi connectivity index (χ0n) is 22.4. The van der Waals surface area contributed by atoms with E-state index in [0.29, 0.717) is 5.41 Å². The van der Waals surface area contributed by atoms with Crippen molar-refractivity contribution < 1.29 is 74.0 Å². The van der Waals surface area contributed by atoms with Gasteiger partial charge in [-0.05, 0) is 25.9 Å². The number of hydrogen-bond donors (Lipinski definition) is 3. The molecular formula is C22H31F9N4O7. The molecule has 0 aliphatic carbocycles. The maximum absolute atomic E-state index is 10.6. The smallest absolute Gasteiger partial charge is 0.475 e. The molecule has 1 spiro atoms. The number of ether oxygens (including phenoxy) is 1. The van der Waals surface area contributed by atoms with Gasteiger partial charge in [-0.3, -0.25) is 9.58 Å². The molecule has 0 amide bonds. The molecule has 1 aromatic rings. The van der Waals surface area contributed by atoms with Gasteiger partial charge in [-0.15, -0.1) is 0 Å². The molecule has 2 fully saturated rings. The van der Waals surface area contributed by atoms with Crippen LogP contribution in [0.2, 0.25) is 0 Å². The molecular weight excluding hydrogens is 603 g/mol. The zero-order valence-corrected chi connectivity index (χ0v) is 22.4. The monoisotopic (exact) mass is 634 g/mol. The Kier molecular flexibility index (Phi) is 15.3. The molecule has 0 saturated carbocycles. The minimum absolute atomic E-state index is 0.326. The van der Waals surface area contributed by atoms with Gasteiger partial charge >= 0.3 is 36.4 Å². The van der Waals surface area contributed by atoms with E-state index in [-0.39, 0.29) is 0 Å². The van der Waals surface area contributed by atoms with E-state index in [1.165, 1.54) is 31.5 Å². The largest absolute Gasteiger partial charge is 0.490 e. The third-order valence-electron chi connectivity index (χ3n) is 5.60. The summed E-state index contributed by atoms with van der Waals surface area (Å²) in [6.07, 6.45) is -8.55. The molecule has 11 nitrogen and oxygen atoms in total. The summed E-state index contributed by atoms with van der Waals surface area (Å²) in [5.74, 6) is -8.27. The minimum Gasteiger partial charge on any atom is -0.475 e. The molecule has 2 aliphatic rings. The predicted molar refractivity (Wildman–Crippen MR) is 124 cm³/mol. The number of piperidine rings is 1. The average molecular weight is 634 g/mol. The van der Waals surface area contributed by atoms with E-state index in [2.05, 4.69) is 28.0 Å². The van der Waals surface area contributed by atoms with Crippen molar-refractivity contribution in [3.8, 4) is 0 Å². The first-order valence-corrected chi connectivity index (χ1v) is 11.9. The Labute approximate surface area is 233 Å². The lowest BCUT2D eigenvalue weighted by Crippen LogP contribution is -2.50. The van der Waals surface area contributed by atoms with E-state index in [9.17, 15) is 39.5 Å². The average Bonchev–Trinajstić information content (AvgIpc) is 3.14. The van der Waals surface area contributed by atoms with E-state index in [1.807, 2.05) is 17.9 Å². The molecule has 244 valence electrons. The number of halogens is 9. The van der Waals surface area contributed by atoms with Crippen molar-refractivity contribution in [1.29, 1.82) is 0 Å². The van der Waals surface area contributed by atoms with Crippen LogP contribution >= 0.6 is 0 Å². The maximum atomic E-state index is 10.6. The number of likely N-dealkylation sites (N-methyl/N-ethyl adjacent to an activating group) is 1. The van der Waals surface area contributed by atoms with Crippen LogP contribution in [0.3, 0.4) is 0 Å². The molecule has 42 heavy (non-hydrogen) atoms. The van der Waals surface area contributed by atoms with Crippen molar-refractivity contribution in [2.75, 3.05) is 45.9 Å². The molecule has 0 bridgehead atoms. The second kappa shape index (κ2) is 16.5. The highest BCUT2D eigenvalue weighted by molar-refractivity contribution is 5.73. The number of hydrogen-bond acceptors (Lipinski definition) is 7. The molecule has 1 unspecified atom stereocenters. The van der Waals surface area contributed by atoms with E-state index in [0.717, 1.165) is 39.4 Å². The van der Waals surface area contributed by atoms with Crippen molar-refractivity contribution in [3.63, 3.8) is 0 Å². The molecule has 0 aromatic carbocycles. The van der Waals surface area contributed by atoms with Crippen LogP contribution < -0.4 is 0 Å². The molecule has 3 N–H and O–H groups in total. The van der Waals surface area contributed by atoms with Gasteiger partial charge in [-0.25, -0.2) is 14.4 Å². The predicted octanol–water partition coefficient (Wildman–Crippen LogP) is 3.25. The number of carboxylic acids is 3. The maximum Gasteiger partial charge on any atom is 0.490 e. The lowest BCUT2D eigenvalue weighted by molar-refractivity contribution is -0.193. The van der Waals surface area contributed by atoms with Gasteiger partial charge in [0.2, 0.25) is 0 Å².